The van der Waals surface area contributed by atoms with Crippen LogP contribution < -0.4 is 16.4 Å². The molecule has 1 amide bonds. The predicted octanol–water partition coefficient (Wildman–Crippen LogP) is 2.11. The van der Waals surface area contributed by atoms with Crippen LogP contribution in [0.5, 0.6) is 0 Å². The van der Waals surface area contributed by atoms with E-state index in [-0.39, 0.29) is 0 Å². The fourth-order valence-electron chi connectivity index (χ4n) is 3.47. The summed E-state index contributed by atoms with van der Waals surface area (Å²) in [7, 11) is 0. The van der Waals surface area contributed by atoms with Gasteiger partial charge in [0.25, 0.3) is 0 Å². The Morgan fingerprint density at radius 3 is 2.88 bits per heavy atom. The van der Waals surface area contributed by atoms with E-state index in [2.05, 4.69) is 34.4 Å². The third-order valence-corrected chi connectivity index (χ3v) is 4.89. The first-order valence-electron chi connectivity index (χ1n) is 9.79. The molecule has 1 saturated heterocycles. The molecule has 1 unspecified atom stereocenters. The Bertz CT molecular complexity index is 602. The Morgan fingerprint density at radius 2 is 2.15 bits per heavy atom. The topological polar surface area (TPSA) is 82.7 Å². The summed E-state index contributed by atoms with van der Waals surface area (Å²) in [6.07, 6.45) is 5.21. The fourth-order valence-corrected chi connectivity index (χ4v) is 3.47. The number of hydrogen-bond acceptors (Lipinski definition) is 3. The monoisotopic (exact) mass is 359 g/mol. The van der Waals surface area contributed by atoms with Crippen LogP contribution in [0.3, 0.4) is 0 Å². The number of aliphatic imine (C=N–C) groups is 1. The number of guanidine groups is 1. The van der Waals surface area contributed by atoms with Crippen LogP contribution in [0, 0.1) is 0 Å². The maximum atomic E-state index is 11.3. The molecule has 0 spiro atoms. The number of primary amides is 1. The second-order valence-electron chi connectivity index (χ2n) is 6.78. The molecule has 1 fully saturated rings. The smallest absolute Gasteiger partial charge is 0.248 e. The normalized spacial score (nSPS) is 18.5. The Hall–Kier alpha value is -2.08. The highest BCUT2D eigenvalue weighted by atomic mass is 16.1. The quantitative estimate of drug-likeness (QED) is 0.490. The molecule has 1 heterocycles. The Balaban J connectivity index is 1.88. The molecule has 1 aromatic carbocycles. The lowest BCUT2D eigenvalue weighted by Crippen LogP contribution is -2.45. The third-order valence-electron chi connectivity index (χ3n) is 4.89. The van der Waals surface area contributed by atoms with E-state index in [4.69, 9.17) is 5.73 Å². The van der Waals surface area contributed by atoms with Crippen molar-refractivity contribution in [1.82, 2.24) is 15.5 Å². The van der Waals surface area contributed by atoms with Gasteiger partial charge in [-0.1, -0.05) is 25.5 Å². The first kappa shape index (κ1) is 20.2. The van der Waals surface area contributed by atoms with E-state index in [1.807, 2.05) is 12.1 Å². The van der Waals surface area contributed by atoms with Crippen molar-refractivity contribution in [2.75, 3.05) is 26.2 Å². The second kappa shape index (κ2) is 10.8. The number of carbonyl (C=O) groups excluding carboxylic acids is 1. The van der Waals surface area contributed by atoms with Crippen LogP contribution in [0.2, 0.25) is 0 Å². The highest BCUT2D eigenvalue weighted by molar-refractivity contribution is 5.92. The molecule has 6 heteroatoms. The minimum absolute atomic E-state index is 0.409. The van der Waals surface area contributed by atoms with Crippen LogP contribution in [0.4, 0.5) is 0 Å². The summed E-state index contributed by atoms with van der Waals surface area (Å²) in [4.78, 5) is 18.5. The van der Waals surface area contributed by atoms with Gasteiger partial charge >= 0.3 is 0 Å². The Kier molecular flexibility index (Phi) is 8.41. The maximum absolute atomic E-state index is 11.3. The molecule has 0 aromatic heterocycles. The van der Waals surface area contributed by atoms with E-state index in [0.717, 1.165) is 37.2 Å². The first-order chi connectivity index (χ1) is 12.6. The standard InChI is InChI=1S/C20H33N5O/c1-3-18-10-5-6-12-25(18)13-11-23-20(22-4-2)24-15-16-8-7-9-17(14-16)19(21)26/h7-9,14,18H,3-6,10-13,15H2,1-2H3,(H2,21,26)(H2,22,23,24). The molecule has 1 aliphatic heterocycles. The fraction of sp³-hybridized carbons (Fsp3) is 0.600. The number of benzene rings is 1. The zero-order valence-corrected chi connectivity index (χ0v) is 16.1. The lowest BCUT2D eigenvalue weighted by atomic mass is 10.0. The number of nitrogens with two attached hydrogens (primary N) is 1. The zero-order valence-electron chi connectivity index (χ0n) is 16.1. The van der Waals surface area contributed by atoms with Gasteiger partial charge in [-0.3, -0.25) is 9.69 Å². The van der Waals surface area contributed by atoms with E-state index >= 15 is 0 Å². The number of nitrogens with one attached hydrogen (secondary N) is 2. The average molecular weight is 360 g/mol. The molecule has 6 nitrogen and oxygen atoms in total. The van der Waals surface area contributed by atoms with Gasteiger partial charge in [0.15, 0.2) is 5.96 Å². The zero-order chi connectivity index (χ0) is 18.8. The molecule has 0 bridgehead atoms. The SMILES string of the molecule is CCNC(=NCc1cccc(C(N)=O)c1)NCCN1CCCCC1CC. The maximum Gasteiger partial charge on any atom is 0.248 e. The molecule has 1 aromatic rings. The molecular formula is C20H33N5O. The van der Waals surface area contributed by atoms with E-state index in [0.29, 0.717) is 12.1 Å². The van der Waals surface area contributed by atoms with Crippen LogP contribution in [0.15, 0.2) is 29.3 Å². The van der Waals surface area contributed by atoms with Crippen LogP contribution in [-0.2, 0) is 6.54 Å². The van der Waals surface area contributed by atoms with Crippen LogP contribution in [-0.4, -0.2) is 49.0 Å². The van der Waals surface area contributed by atoms with Crippen molar-refractivity contribution < 1.29 is 4.79 Å². The van der Waals surface area contributed by atoms with Crippen molar-refractivity contribution in [3.8, 4) is 0 Å². The largest absolute Gasteiger partial charge is 0.366 e. The molecule has 0 aliphatic carbocycles. The van der Waals surface area contributed by atoms with E-state index in [1.165, 1.54) is 32.2 Å². The summed E-state index contributed by atoms with van der Waals surface area (Å²) in [6.45, 7) is 8.79. The molecule has 1 aliphatic rings. The summed E-state index contributed by atoms with van der Waals surface area (Å²) in [5.41, 5.74) is 6.83. The predicted molar refractivity (Wildman–Crippen MR) is 107 cm³/mol. The third kappa shape index (κ3) is 6.33. The van der Waals surface area contributed by atoms with E-state index < -0.39 is 5.91 Å². The molecule has 0 radical (unpaired) electrons. The summed E-state index contributed by atoms with van der Waals surface area (Å²) in [6, 6.07) is 8.05. The van der Waals surface area contributed by atoms with Crippen molar-refractivity contribution >= 4 is 11.9 Å². The molecule has 144 valence electrons. The van der Waals surface area contributed by atoms with Crippen molar-refractivity contribution in [1.29, 1.82) is 0 Å². The number of likely N-dealkylation sites (tertiary alicyclic amines) is 1. The minimum Gasteiger partial charge on any atom is -0.366 e. The number of rotatable bonds is 8. The number of hydrogen-bond donors (Lipinski definition) is 3. The summed E-state index contributed by atoms with van der Waals surface area (Å²) in [5, 5.41) is 6.71. The van der Waals surface area contributed by atoms with Gasteiger partial charge in [0.2, 0.25) is 5.91 Å². The first-order valence-corrected chi connectivity index (χ1v) is 9.79. The van der Waals surface area contributed by atoms with Gasteiger partial charge in [-0.15, -0.1) is 0 Å². The van der Waals surface area contributed by atoms with Gasteiger partial charge in [-0.25, -0.2) is 4.99 Å². The van der Waals surface area contributed by atoms with Gasteiger partial charge in [-0.05, 0) is 50.4 Å². The molecular weight excluding hydrogens is 326 g/mol. The Labute approximate surface area is 157 Å². The summed E-state index contributed by atoms with van der Waals surface area (Å²) in [5.74, 6) is 0.398. The number of amides is 1. The van der Waals surface area contributed by atoms with Crippen LogP contribution >= 0.6 is 0 Å². The molecule has 26 heavy (non-hydrogen) atoms. The number of carbonyl (C=O) groups is 1. The Morgan fingerprint density at radius 1 is 1.31 bits per heavy atom. The lowest BCUT2D eigenvalue weighted by molar-refractivity contribution is 0.1000. The van der Waals surface area contributed by atoms with Gasteiger partial charge in [0.05, 0.1) is 6.54 Å². The van der Waals surface area contributed by atoms with Crippen molar-refractivity contribution in [3.05, 3.63) is 35.4 Å². The van der Waals surface area contributed by atoms with E-state index in [1.54, 1.807) is 12.1 Å². The highest BCUT2D eigenvalue weighted by Gasteiger charge is 2.19. The number of nitrogens with zero attached hydrogens (tertiary/aromatic N) is 2. The molecule has 4 N–H and O–H groups in total. The average Bonchev–Trinajstić information content (AvgIpc) is 2.66. The van der Waals surface area contributed by atoms with Crippen LogP contribution in [0.25, 0.3) is 0 Å². The summed E-state index contributed by atoms with van der Waals surface area (Å²) >= 11 is 0. The molecule has 2 rings (SSSR count). The van der Waals surface area contributed by atoms with Crippen molar-refractivity contribution in [2.45, 2.75) is 52.1 Å². The number of piperidine rings is 1. The second-order valence-corrected chi connectivity index (χ2v) is 6.78. The van der Waals surface area contributed by atoms with Crippen LogP contribution in [0.1, 0.15) is 55.5 Å². The van der Waals surface area contributed by atoms with Gasteiger partial charge in [0, 0.05) is 31.2 Å². The van der Waals surface area contributed by atoms with Crippen molar-refractivity contribution in [3.63, 3.8) is 0 Å². The summed E-state index contributed by atoms with van der Waals surface area (Å²) < 4.78 is 0. The van der Waals surface area contributed by atoms with Gasteiger partial charge in [-0.2, -0.15) is 0 Å². The molecule has 1 atom stereocenters. The van der Waals surface area contributed by atoms with Gasteiger partial charge in [0.1, 0.15) is 0 Å². The molecule has 0 saturated carbocycles. The van der Waals surface area contributed by atoms with E-state index in [9.17, 15) is 4.79 Å². The lowest BCUT2D eigenvalue weighted by Gasteiger charge is -2.35. The van der Waals surface area contributed by atoms with Gasteiger partial charge < -0.3 is 16.4 Å². The minimum atomic E-state index is -0.409. The van der Waals surface area contributed by atoms with Crippen molar-refractivity contribution in [2.24, 2.45) is 10.7 Å². The highest BCUT2D eigenvalue weighted by Crippen LogP contribution is 2.18.